The van der Waals surface area contributed by atoms with Crippen molar-refractivity contribution in [3.8, 4) is 11.8 Å². The van der Waals surface area contributed by atoms with Gasteiger partial charge < -0.3 is 4.74 Å². The lowest BCUT2D eigenvalue weighted by Gasteiger charge is -2.22. The Kier molecular flexibility index (Phi) is 5.89. The van der Waals surface area contributed by atoms with E-state index < -0.39 is 14.9 Å². The smallest absolute Gasteiger partial charge is 0.269 e. The molecule has 1 aliphatic rings. The molecule has 0 saturated heterocycles. The van der Waals surface area contributed by atoms with E-state index in [0.29, 0.717) is 24.1 Å². The van der Waals surface area contributed by atoms with Crippen LogP contribution in [0.25, 0.3) is 0 Å². The Bertz CT molecular complexity index is 1140. The second-order valence-electron chi connectivity index (χ2n) is 6.53. The van der Waals surface area contributed by atoms with Crippen molar-refractivity contribution in [2.75, 3.05) is 23.3 Å². The lowest BCUT2D eigenvalue weighted by molar-refractivity contribution is -0.384. The van der Waals surface area contributed by atoms with Gasteiger partial charge in [-0.05, 0) is 36.6 Å². The molecule has 0 radical (unpaired) electrons. The van der Waals surface area contributed by atoms with Crippen molar-refractivity contribution in [3.05, 3.63) is 52.1 Å². The molecule has 0 spiro atoms. The fourth-order valence-corrected chi connectivity index (χ4v) is 4.27. The third-order valence-electron chi connectivity index (χ3n) is 4.66. The van der Waals surface area contributed by atoms with Gasteiger partial charge in [0, 0.05) is 24.6 Å². The first-order chi connectivity index (χ1) is 14.3. The minimum absolute atomic E-state index is 0.122. The first kappa shape index (κ1) is 21.1. The molecule has 2 aromatic carbocycles. The Balaban J connectivity index is 2.00. The molecule has 1 N–H and O–H groups in total. The monoisotopic (exact) mass is 430 g/mol. The number of fused-ring (bicyclic) bond motifs is 1. The number of nitro groups is 1. The van der Waals surface area contributed by atoms with E-state index in [1.807, 2.05) is 6.07 Å². The Morgan fingerprint density at radius 3 is 2.57 bits per heavy atom. The summed E-state index contributed by atoms with van der Waals surface area (Å²) in [5, 5.41) is 19.8. The van der Waals surface area contributed by atoms with Gasteiger partial charge >= 0.3 is 0 Å². The average molecular weight is 430 g/mol. The van der Waals surface area contributed by atoms with Crippen LogP contribution >= 0.6 is 0 Å². The van der Waals surface area contributed by atoms with Crippen LogP contribution in [-0.2, 0) is 21.2 Å². The van der Waals surface area contributed by atoms with Crippen LogP contribution in [0.4, 0.5) is 17.1 Å². The lowest BCUT2D eigenvalue weighted by Crippen LogP contribution is -2.30. The quantitative estimate of drug-likeness (QED) is 0.421. The molecule has 0 bridgehead atoms. The second-order valence-corrected chi connectivity index (χ2v) is 8.21. The zero-order valence-corrected chi connectivity index (χ0v) is 16.8. The fraction of sp³-hybridized carbons (Fsp3) is 0.263. The van der Waals surface area contributed by atoms with Crippen LogP contribution in [0.5, 0.6) is 5.75 Å². The third kappa shape index (κ3) is 4.18. The van der Waals surface area contributed by atoms with E-state index in [0.717, 1.165) is 24.3 Å². The van der Waals surface area contributed by atoms with Crippen LogP contribution in [0.3, 0.4) is 0 Å². The Hall–Kier alpha value is -3.65. The summed E-state index contributed by atoms with van der Waals surface area (Å²) < 4.78 is 33.3. The summed E-state index contributed by atoms with van der Waals surface area (Å²) in [6, 6.07) is 9.58. The van der Waals surface area contributed by atoms with Crippen molar-refractivity contribution in [1.29, 1.82) is 5.26 Å². The van der Waals surface area contributed by atoms with Gasteiger partial charge in [0.2, 0.25) is 5.91 Å². The highest BCUT2D eigenvalue weighted by Gasteiger charge is 2.25. The SMILES string of the molecule is COc1cc2c(cc1NS(=O)(=O)c1ccc([N+](=O)[O-])cc1)CCCC(=O)N2CC#N. The number of benzene rings is 2. The molecule has 30 heavy (non-hydrogen) atoms. The topological polar surface area (TPSA) is 143 Å². The summed E-state index contributed by atoms with van der Waals surface area (Å²) in [5.74, 6) is -0.00607. The number of rotatable bonds is 6. The number of non-ortho nitro benzene ring substituents is 1. The van der Waals surface area contributed by atoms with Crippen molar-refractivity contribution in [1.82, 2.24) is 0 Å². The molecule has 0 aliphatic carbocycles. The number of aryl methyl sites for hydroxylation is 1. The number of sulfonamides is 1. The summed E-state index contributed by atoms with van der Waals surface area (Å²) in [7, 11) is -2.68. The highest BCUT2D eigenvalue weighted by molar-refractivity contribution is 7.92. The predicted octanol–water partition coefficient (Wildman–Crippen LogP) is 2.60. The fourth-order valence-electron chi connectivity index (χ4n) is 3.21. The maximum absolute atomic E-state index is 12.8. The number of hydrogen-bond donors (Lipinski definition) is 1. The number of ether oxygens (including phenoxy) is 1. The molecular formula is C19H18N4O6S. The molecule has 0 atom stereocenters. The van der Waals surface area contributed by atoms with Gasteiger partial charge in [-0.15, -0.1) is 0 Å². The molecule has 11 heteroatoms. The molecule has 1 heterocycles. The number of hydrogen-bond acceptors (Lipinski definition) is 7. The molecule has 156 valence electrons. The van der Waals surface area contributed by atoms with Crippen molar-refractivity contribution in [2.24, 2.45) is 0 Å². The number of amides is 1. The Labute approximate surface area is 172 Å². The maximum atomic E-state index is 12.8. The number of methoxy groups -OCH3 is 1. The van der Waals surface area contributed by atoms with Gasteiger partial charge in [0.1, 0.15) is 12.3 Å². The van der Waals surface area contributed by atoms with Crippen molar-refractivity contribution >= 4 is 33.0 Å². The normalized spacial score (nSPS) is 13.7. The van der Waals surface area contributed by atoms with Crippen LogP contribution in [0, 0.1) is 21.4 Å². The van der Waals surface area contributed by atoms with Crippen molar-refractivity contribution < 1.29 is 22.9 Å². The van der Waals surface area contributed by atoms with Crippen LogP contribution < -0.4 is 14.4 Å². The van der Waals surface area contributed by atoms with Crippen LogP contribution in [0.1, 0.15) is 18.4 Å². The summed E-state index contributed by atoms with van der Waals surface area (Å²) in [4.78, 5) is 23.7. The zero-order chi connectivity index (χ0) is 21.9. The first-order valence-corrected chi connectivity index (χ1v) is 10.4. The van der Waals surface area contributed by atoms with Crippen LogP contribution in [-0.4, -0.2) is 32.9 Å². The van der Waals surface area contributed by atoms with Gasteiger partial charge in [0.15, 0.2) is 0 Å². The highest BCUT2D eigenvalue weighted by atomic mass is 32.2. The van der Waals surface area contributed by atoms with E-state index in [-0.39, 0.29) is 40.9 Å². The van der Waals surface area contributed by atoms with E-state index in [1.54, 1.807) is 6.07 Å². The second kappa shape index (κ2) is 8.38. The number of carbonyl (C=O) groups is 1. The standard InChI is InChI=1S/C19H18N4O6S/c1-29-18-12-17-13(3-2-4-19(24)22(17)10-9-20)11-16(18)21-30(27,28)15-7-5-14(6-8-15)23(25)26/h5-8,11-12,21H,2-4,10H2,1H3. The van der Waals surface area contributed by atoms with Gasteiger partial charge in [-0.2, -0.15) is 5.26 Å². The largest absolute Gasteiger partial charge is 0.494 e. The minimum atomic E-state index is -4.04. The summed E-state index contributed by atoms with van der Waals surface area (Å²) in [5.41, 5.74) is 1.16. The van der Waals surface area contributed by atoms with Crippen molar-refractivity contribution in [3.63, 3.8) is 0 Å². The molecule has 0 unspecified atom stereocenters. The van der Waals surface area contributed by atoms with Gasteiger partial charge in [-0.3, -0.25) is 24.5 Å². The van der Waals surface area contributed by atoms with Gasteiger partial charge in [0.25, 0.3) is 15.7 Å². The third-order valence-corrected chi connectivity index (χ3v) is 6.04. The first-order valence-electron chi connectivity index (χ1n) is 8.92. The molecule has 2 aromatic rings. The van der Waals surface area contributed by atoms with Crippen LogP contribution in [0.2, 0.25) is 0 Å². The summed E-state index contributed by atoms with van der Waals surface area (Å²) in [6.45, 7) is -0.122. The van der Waals surface area contributed by atoms with Gasteiger partial charge in [-0.25, -0.2) is 8.42 Å². The highest BCUT2D eigenvalue weighted by Crippen LogP contribution is 2.37. The van der Waals surface area contributed by atoms with E-state index in [9.17, 15) is 23.3 Å². The molecule has 0 aromatic heterocycles. The molecule has 0 fully saturated rings. The molecule has 10 nitrogen and oxygen atoms in total. The van der Waals surface area contributed by atoms with E-state index in [2.05, 4.69) is 4.72 Å². The predicted molar refractivity (Wildman–Crippen MR) is 108 cm³/mol. The van der Waals surface area contributed by atoms with Crippen molar-refractivity contribution in [2.45, 2.75) is 24.2 Å². The zero-order valence-electron chi connectivity index (χ0n) is 16.0. The average Bonchev–Trinajstić information content (AvgIpc) is 2.86. The summed E-state index contributed by atoms with van der Waals surface area (Å²) >= 11 is 0. The molecule has 1 aliphatic heterocycles. The maximum Gasteiger partial charge on any atom is 0.269 e. The summed E-state index contributed by atoms with van der Waals surface area (Å²) in [6.07, 6.45) is 1.37. The van der Waals surface area contributed by atoms with E-state index in [1.165, 1.54) is 18.1 Å². The number of nitrogens with zero attached hydrogens (tertiary/aromatic N) is 3. The van der Waals surface area contributed by atoms with E-state index >= 15 is 0 Å². The number of anilines is 2. The van der Waals surface area contributed by atoms with Crippen LogP contribution in [0.15, 0.2) is 41.3 Å². The van der Waals surface area contributed by atoms with Gasteiger partial charge in [-0.1, -0.05) is 0 Å². The number of nitrogens with one attached hydrogen (secondary N) is 1. The number of carbonyl (C=O) groups excluding carboxylic acids is 1. The Morgan fingerprint density at radius 2 is 1.97 bits per heavy atom. The molecule has 1 amide bonds. The number of nitro benzene ring substituents is 1. The molecule has 3 rings (SSSR count). The lowest BCUT2D eigenvalue weighted by atomic mass is 10.1. The Morgan fingerprint density at radius 1 is 1.27 bits per heavy atom. The molecule has 0 saturated carbocycles. The van der Waals surface area contributed by atoms with Gasteiger partial charge in [0.05, 0.1) is 34.4 Å². The number of nitriles is 1. The van der Waals surface area contributed by atoms with E-state index in [4.69, 9.17) is 10.00 Å². The molecular weight excluding hydrogens is 412 g/mol. The minimum Gasteiger partial charge on any atom is -0.494 e.